The molecule has 1 amide bonds. The van der Waals surface area contributed by atoms with Crippen LogP contribution < -0.4 is 10.2 Å². The average Bonchev–Trinajstić information content (AvgIpc) is 2.63. The van der Waals surface area contributed by atoms with Crippen LogP contribution in [0, 0.1) is 0 Å². The predicted molar refractivity (Wildman–Crippen MR) is 92.5 cm³/mol. The first-order chi connectivity index (χ1) is 11.8. The van der Waals surface area contributed by atoms with Gasteiger partial charge in [0.15, 0.2) is 6.61 Å². The molecule has 1 heterocycles. The van der Waals surface area contributed by atoms with Crippen LogP contribution in [0.2, 0.25) is 0 Å². The minimum Gasteiger partial charge on any atom is -0.484 e. The van der Waals surface area contributed by atoms with Crippen LogP contribution in [0.15, 0.2) is 90.1 Å². The summed E-state index contributed by atoms with van der Waals surface area (Å²) in [4.78, 5) is 16.3. The molecule has 2 aromatic carbocycles. The number of nitrogens with zero attached hydrogens (tertiary/aromatic N) is 2. The van der Waals surface area contributed by atoms with Gasteiger partial charge in [-0.3, -0.25) is 4.79 Å². The summed E-state index contributed by atoms with van der Waals surface area (Å²) in [6.07, 6.45) is 1.91. The first kappa shape index (κ1) is 15.7. The van der Waals surface area contributed by atoms with E-state index < -0.39 is 0 Å². The second kappa shape index (κ2) is 7.92. The number of hydrogen-bond acceptors (Lipinski definition) is 2. The molecule has 120 valence electrons. The summed E-state index contributed by atoms with van der Waals surface area (Å²) >= 11 is 0. The quantitative estimate of drug-likeness (QED) is 0.726. The predicted octanol–water partition coefficient (Wildman–Crippen LogP) is 3.04. The molecule has 0 spiro atoms. The number of aromatic nitrogens is 1. The second-order valence-electron chi connectivity index (χ2n) is 5.28. The van der Waals surface area contributed by atoms with Crippen LogP contribution in [0.5, 0.6) is 5.75 Å². The van der Waals surface area contributed by atoms with Crippen molar-refractivity contribution in [2.75, 3.05) is 6.61 Å². The van der Waals surface area contributed by atoms with Gasteiger partial charge in [-0.25, -0.2) is 0 Å². The lowest BCUT2D eigenvalue weighted by molar-refractivity contribution is -0.120. The number of pyridine rings is 1. The summed E-state index contributed by atoms with van der Waals surface area (Å²) < 4.78 is 7.39. The summed E-state index contributed by atoms with van der Waals surface area (Å²) in [5.41, 5.74) is 1.76. The monoisotopic (exact) mass is 318 g/mol. The highest BCUT2D eigenvalue weighted by atomic mass is 16.5. The van der Waals surface area contributed by atoms with E-state index in [0.29, 0.717) is 17.8 Å². The third kappa shape index (κ3) is 4.43. The SMILES string of the molecule is O=C(COc1ccccc1)N=c1ccccn1Cc1ccccc1. The highest BCUT2D eigenvalue weighted by molar-refractivity contribution is 5.78. The Morgan fingerprint density at radius 1 is 0.875 bits per heavy atom. The highest BCUT2D eigenvalue weighted by Crippen LogP contribution is 2.07. The first-order valence-corrected chi connectivity index (χ1v) is 7.76. The fourth-order valence-electron chi connectivity index (χ4n) is 2.30. The maximum Gasteiger partial charge on any atom is 0.285 e. The molecule has 3 aromatic rings. The van der Waals surface area contributed by atoms with E-state index in [2.05, 4.69) is 4.99 Å². The van der Waals surface area contributed by atoms with Crippen LogP contribution in [0.3, 0.4) is 0 Å². The zero-order chi connectivity index (χ0) is 16.6. The zero-order valence-electron chi connectivity index (χ0n) is 13.2. The number of rotatable bonds is 5. The molecule has 0 aliphatic heterocycles. The Hall–Kier alpha value is -3.14. The number of benzene rings is 2. The smallest absolute Gasteiger partial charge is 0.285 e. The molecule has 0 unspecified atom stereocenters. The van der Waals surface area contributed by atoms with Crippen molar-refractivity contribution in [2.24, 2.45) is 4.99 Å². The third-order valence-corrected chi connectivity index (χ3v) is 3.46. The van der Waals surface area contributed by atoms with Gasteiger partial charge >= 0.3 is 0 Å². The van der Waals surface area contributed by atoms with Crippen LogP contribution in [0.1, 0.15) is 5.56 Å². The van der Waals surface area contributed by atoms with Crippen molar-refractivity contribution in [3.63, 3.8) is 0 Å². The van der Waals surface area contributed by atoms with E-state index in [9.17, 15) is 4.79 Å². The number of amides is 1. The average molecular weight is 318 g/mol. The molecule has 0 fully saturated rings. The number of para-hydroxylation sites is 1. The van der Waals surface area contributed by atoms with Gasteiger partial charge in [-0.15, -0.1) is 0 Å². The number of carbonyl (C=O) groups excluding carboxylic acids is 1. The Labute approximate surface area is 140 Å². The lowest BCUT2D eigenvalue weighted by Gasteiger charge is -2.07. The normalized spacial score (nSPS) is 11.2. The van der Waals surface area contributed by atoms with Gasteiger partial charge in [0.1, 0.15) is 11.2 Å². The van der Waals surface area contributed by atoms with Gasteiger partial charge in [0.25, 0.3) is 5.91 Å². The largest absolute Gasteiger partial charge is 0.484 e. The molecular weight excluding hydrogens is 300 g/mol. The van der Waals surface area contributed by atoms with Gasteiger partial charge in [0, 0.05) is 12.7 Å². The van der Waals surface area contributed by atoms with Gasteiger partial charge in [-0.2, -0.15) is 4.99 Å². The lowest BCUT2D eigenvalue weighted by atomic mass is 10.2. The molecule has 3 rings (SSSR count). The lowest BCUT2D eigenvalue weighted by Crippen LogP contribution is -2.23. The first-order valence-electron chi connectivity index (χ1n) is 7.76. The molecule has 0 bridgehead atoms. The molecular formula is C20H18N2O2. The Morgan fingerprint density at radius 2 is 1.54 bits per heavy atom. The topological polar surface area (TPSA) is 43.6 Å². The number of ether oxygens (including phenoxy) is 1. The number of hydrogen-bond donors (Lipinski definition) is 0. The van der Waals surface area contributed by atoms with Crippen molar-refractivity contribution in [1.82, 2.24) is 4.57 Å². The summed E-state index contributed by atoms with van der Waals surface area (Å²) in [5.74, 6) is 0.345. The maximum absolute atomic E-state index is 12.1. The van der Waals surface area contributed by atoms with Crippen LogP contribution >= 0.6 is 0 Å². The third-order valence-electron chi connectivity index (χ3n) is 3.46. The molecule has 0 radical (unpaired) electrons. The molecule has 0 N–H and O–H groups in total. The van der Waals surface area contributed by atoms with Crippen molar-refractivity contribution in [3.8, 4) is 5.75 Å². The summed E-state index contributed by atoms with van der Waals surface area (Å²) in [7, 11) is 0. The molecule has 0 saturated heterocycles. The van der Waals surface area contributed by atoms with Crippen LogP contribution in [-0.2, 0) is 11.3 Å². The summed E-state index contributed by atoms with van der Waals surface area (Å²) in [6, 6.07) is 24.9. The van der Waals surface area contributed by atoms with Crippen molar-refractivity contribution >= 4 is 5.91 Å². The van der Waals surface area contributed by atoms with E-state index in [-0.39, 0.29) is 12.5 Å². The second-order valence-corrected chi connectivity index (χ2v) is 5.28. The van der Waals surface area contributed by atoms with Crippen LogP contribution in [0.25, 0.3) is 0 Å². The summed E-state index contributed by atoms with van der Waals surface area (Å²) in [6.45, 7) is 0.581. The van der Waals surface area contributed by atoms with Crippen molar-refractivity contribution < 1.29 is 9.53 Å². The van der Waals surface area contributed by atoms with E-state index in [1.807, 2.05) is 89.6 Å². The molecule has 24 heavy (non-hydrogen) atoms. The van der Waals surface area contributed by atoms with Gasteiger partial charge in [-0.05, 0) is 29.8 Å². The van der Waals surface area contributed by atoms with E-state index in [4.69, 9.17) is 4.74 Å². The Morgan fingerprint density at radius 3 is 2.29 bits per heavy atom. The van der Waals surface area contributed by atoms with Gasteiger partial charge < -0.3 is 9.30 Å². The van der Waals surface area contributed by atoms with Crippen molar-refractivity contribution in [2.45, 2.75) is 6.54 Å². The highest BCUT2D eigenvalue weighted by Gasteiger charge is 2.02. The minimum absolute atomic E-state index is 0.0791. The zero-order valence-corrected chi connectivity index (χ0v) is 13.2. The molecule has 4 nitrogen and oxygen atoms in total. The minimum atomic E-state index is -0.313. The van der Waals surface area contributed by atoms with Gasteiger partial charge in [0.05, 0.1) is 0 Å². The fourth-order valence-corrected chi connectivity index (χ4v) is 2.30. The molecule has 1 aromatic heterocycles. The molecule has 0 aliphatic rings. The Bertz CT molecular complexity index is 855. The standard InChI is InChI=1S/C20H18N2O2/c23-20(16-24-18-11-5-2-6-12-18)21-19-13-7-8-14-22(19)15-17-9-3-1-4-10-17/h1-14H,15-16H2. The van der Waals surface area contributed by atoms with E-state index in [1.165, 1.54) is 0 Å². The molecule has 4 heteroatoms. The summed E-state index contributed by atoms with van der Waals surface area (Å²) in [5, 5.41) is 0. The molecule has 0 atom stereocenters. The van der Waals surface area contributed by atoms with Gasteiger partial charge in [-0.1, -0.05) is 54.6 Å². The van der Waals surface area contributed by atoms with E-state index in [1.54, 1.807) is 0 Å². The van der Waals surface area contributed by atoms with Crippen molar-refractivity contribution in [3.05, 3.63) is 96.1 Å². The van der Waals surface area contributed by atoms with Crippen LogP contribution in [-0.4, -0.2) is 17.1 Å². The molecule has 0 aliphatic carbocycles. The van der Waals surface area contributed by atoms with E-state index >= 15 is 0 Å². The van der Waals surface area contributed by atoms with E-state index in [0.717, 1.165) is 5.56 Å². The fraction of sp³-hybridized carbons (Fsp3) is 0.100. The van der Waals surface area contributed by atoms with Gasteiger partial charge in [0.2, 0.25) is 0 Å². The maximum atomic E-state index is 12.1. The number of carbonyl (C=O) groups is 1. The van der Waals surface area contributed by atoms with Crippen LogP contribution in [0.4, 0.5) is 0 Å². The Balaban J connectivity index is 1.73. The molecule has 0 saturated carbocycles. The van der Waals surface area contributed by atoms with Crippen molar-refractivity contribution in [1.29, 1.82) is 0 Å². The Kier molecular flexibility index (Phi) is 5.20.